The minimum absolute atomic E-state index is 0.283. The Hall–Kier alpha value is -2.68. The van der Waals surface area contributed by atoms with Crippen LogP contribution in [0.2, 0.25) is 0 Å². The molecule has 0 amide bonds. The Morgan fingerprint density at radius 2 is 1.44 bits per heavy atom. The first-order chi connectivity index (χ1) is 12.2. The Labute approximate surface area is 146 Å². The van der Waals surface area contributed by atoms with Crippen molar-refractivity contribution in [3.8, 4) is 28.0 Å². The van der Waals surface area contributed by atoms with Crippen molar-refractivity contribution in [3.05, 3.63) is 78.1 Å². The van der Waals surface area contributed by atoms with Gasteiger partial charge in [-0.2, -0.15) is 0 Å². The SMILES string of the molecule is CCCc1ccc(-c2ccc(-c3ccc(OCF)cc3)c(F)c2)cc1. The summed E-state index contributed by atoms with van der Waals surface area (Å²) in [4.78, 5) is 0. The lowest BCUT2D eigenvalue weighted by Crippen LogP contribution is -1.90. The molecule has 0 aliphatic rings. The van der Waals surface area contributed by atoms with Crippen LogP contribution in [-0.4, -0.2) is 6.86 Å². The summed E-state index contributed by atoms with van der Waals surface area (Å²) in [6, 6.07) is 20.2. The van der Waals surface area contributed by atoms with E-state index in [2.05, 4.69) is 19.1 Å². The van der Waals surface area contributed by atoms with Crippen LogP contribution in [0.1, 0.15) is 18.9 Å². The van der Waals surface area contributed by atoms with Crippen molar-refractivity contribution in [2.45, 2.75) is 19.8 Å². The molecular weight excluding hydrogens is 318 g/mol. The molecule has 0 bridgehead atoms. The molecule has 0 N–H and O–H groups in total. The van der Waals surface area contributed by atoms with Crippen molar-refractivity contribution in [2.24, 2.45) is 0 Å². The van der Waals surface area contributed by atoms with Crippen LogP contribution in [0, 0.1) is 5.82 Å². The van der Waals surface area contributed by atoms with Gasteiger partial charge in [-0.15, -0.1) is 0 Å². The first-order valence-electron chi connectivity index (χ1n) is 8.39. The van der Waals surface area contributed by atoms with Crippen LogP contribution in [0.25, 0.3) is 22.3 Å². The van der Waals surface area contributed by atoms with Gasteiger partial charge < -0.3 is 4.74 Å². The molecule has 3 aromatic rings. The standard InChI is InChI=1S/C22H20F2O/c1-2-3-16-4-6-17(7-5-16)19-10-13-21(22(24)14-19)18-8-11-20(12-9-18)25-15-23/h4-14H,2-3,15H2,1H3. The van der Waals surface area contributed by atoms with Crippen molar-refractivity contribution < 1.29 is 13.5 Å². The molecule has 128 valence electrons. The van der Waals surface area contributed by atoms with Crippen LogP contribution in [0.5, 0.6) is 5.75 Å². The summed E-state index contributed by atoms with van der Waals surface area (Å²) in [6.07, 6.45) is 2.16. The largest absolute Gasteiger partial charge is 0.463 e. The van der Waals surface area contributed by atoms with E-state index in [4.69, 9.17) is 4.74 Å². The Morgan fingerprint density at radius 1 is 0.800 bits per heavy atom. The third-order valence-corrected chi connectivity index (χ3v) is 4.18. The molecule has 3 heteroatoms. The van der Waals surface area contributed by atoms with Crippen molar-refractivity contribution in [1.29, 1.82) is 0 Å². The lowest BCUT2D eigenvalue weighted by molar-refractivity contribution is 0.192. The fourth-order valence-electron chi connectivity index (χ4n) is 2.88. The van der Waals surface area contributed by atoms with E-state index in [1.165, 1.54) is 5.56 Å². The second-order valence-corrected chi connectivity index (χ2v) is 5.92. The average Bonchev–Trinajstić information content (AvgIpc) is 2.64. The first kappa shape index (κ1) is 17.2. The van der Waals surface area contributed by atoms with Crippen LogP contribution in [0.4, 0.5) is 8.78 Å². The Morgan fingerprint density at radius 3 is 2.04 bits per heavy atom. The smallest absolute Gasteiger partial charge is 0.228 e. The molecule has 0 aliphatic heterocycles. The van der Waals surface area contributed by atoms with Gasteiger partial charge in [-0.1, -0.05) is 61.9 Å². The summed E-state index contributed by atoms with van der Waals surface area (Å²) < 4.78 is 31.5. The topological polar surface area (TPSA) is 9.23 Å². The summed E-state index contributed by atoms with van der Waals surface area (Å²) in [7, 11) is 0. The van der Waals surface area contributed by atoms with Gasteiger partial charge in [0, 0.05) is 5.56 Å². The maximum absolute atomic E-state index is 14.6. The van der Waals surface area contributed by atoms with Crippen LogP contribution in [-0.2, 0) is 6.42 Å². The summed E-state index contributed by atoms with van der Waals surface area (Å²) >= 11 is 0. The van der Waals surface area contributed by atoms with Crippen molar-refractivity contribution in [2.75, 3.05) is 6.86 Å². The van der Waals surface area contributed by atoms with Gasteiger partial charge in [0.15, 0.2) is 0 Å². The molecule has 3 rings (SSSR count). The monoisotopic (exact) mass is 338 g/mol. The average molecular weight is 338 g/mol. The van der Waals surface area contributed by atoms with Crippen LogP contribution < -0.4 is 4.74 Å². The second-order valence-electron chi connectivity index (χ2n) is 5.92. The van der Waals surface area contributed by atoms with E-state index in [-0.39, 0.29) is 5.82 Å². The molecule has 25 heavy (non-hydrogen) atoms. The highest BCUT2D eigenvalue weighted by molar-refractivity contribution is 5.71. The van der Waals surface area contributed by atoms with Gasteiger partial charge in [0.1, 0.15) is 11.6 Å². The molecule has 0 radical (unpaired) electrons. The van der Waals surface area contributed by atoms with Crippen molar-refractivity contribution >= 4 is 0 Å². The summed E-state index contributed by atoms with van der Waals surface area (Å²) in [5.74, 6) is 0.143. The van der Waals surface area contributed by atoms with Gasteiger partial charge in [-0.05, 0) is 46.9 Å². The first-order valence-corrected chi connectivity index (χ1v) is 8.39. The highest BCUT2D eigenvalue weighted by atomic mass is 19.1. The molecule has 0 atom stereocenters. The van der Waals surface area contributed by atoms with Gasteiger partial charge in [-0.3, -0.25) is 0 Å². The van der Waals surface area contributed by atoms with E-state index in [9.17, 15) is 8.78 Å². The van der Waals surface area contributed by atoms with Crippen LogP contribution in [0.3, 0.4) is 0 Å². The fraction of sp³-hybridized carbons (Fsp3) is 0.182. The van der Waals surface area contributed by atoms with Gasteiger partial charge in [-0.25, -0.2) is 8.78 Å². The highest BCUT2D eigenvalue weighted by Crippen LogP contribution is 2.29. The number of rotatable bonds is 6. The maximum Gasteiger partial charge on any atom is 0.228 e. The van der Waals surface area contributed by atoms with E-state index in [1.54, 1.807) is 36.4 Å². The zero-order valence-electron chi connectivity index (χ0n) is 14.1. The summed E-state index contributed by atoms with van der Waals surface area (Å²) in [5.41, 5.74) is 4.38. The normalized spacial score (nSPS) is 10.7. The van der Waals surface area contributed by atoms with E-state index in [0.717, 1.165) is 29.5 Å². The lowest BCUT2D eigenvalue weighted by Gasteiger charge is -2.09. The third kappa shape index (κ3) is 4.05. The highest BCUT2D eigenvalue weighted by Gasteiger charge is 2.08. The predicted octanol–water partition coefficient (Wildman–Crippen LogP) is 6.42. The molecule has 0 spiro atoms. The Bertz CT molecular complexity index is 824. The van der Waals surface area contributed by atoms with E-state index in [0.29, 0.717) is 11.3 Å². The Balaban J connectivity index is 1.85. The zero-order chi connectivity index (χ0) is 17.6. The molecule has 1 nitrogen and oxygen atoms in total. The van der Waals surface area contributed by atoms with E-state index >= 15 is 0 Å². The van der Waals surface area contributed by atoms with Gasteiger partial charge in [0.05, 0.1) is 0 Å². The van der Waals surface area contributed by atoms with E-state index < -0.39 is 6.86 Å². The minimum Gasteiger partial charge on any atom is -0.463 e. The van der Waals surface area contributed by atoms with Gasteiger partial charge in [0.25, 0.3) is 0 Å². The van der Waals surface area contributed by atoms with Crippen molar-refractivity contribution in [3.63, 3.8) is 0 Å². The lowest BCUT2D eigenvalue weighted by atomic mass is 9.98. The molecule has 0 saturated carbocycles. The zero-order valence-corrected chi connectivity index (χ0v) is 14.1. The number of halogens is 2. The number of benzene rings is 3. The number of hydrogen-bond acceptors (Lipinski definition) is 1. The molecule has 0 heterocycles. The molecule has 0 saturated heterocycles. The van der Waals surface area contributed by atoms with E-state index in [1.807, 2.05) is 18.2 Å². The summed E-state index contributed by atoms with van der Waals surface area (Å²) in [5, 5.41) is 0. The Kier molecular flexibility index (Phi) is 5.44. The quantitative estimate of drug-likeness (QED) is 0.504. The maximum atomic E-state index is 14.6. The van der Waals surface area contributed by atoms with Gasteiger partial charge >= 0.3 is 0 Å². The molecule has 0 aromatic heterocycles. The number of ether oxygens (including phenoxy) is 1. The van der Waals surface area contributed by atoms with Crippen LogP contribution in [0.15, 0.2) is 66.7 Å². The fourth-order valence-corrected chi connectivity index (χ4v) is 2.88. The summed E-state index contributed by atoms with van der Waals surface area (Å²) in [6.45, 7) is 1.28. The molecule has 0 unspecified atom stereocenters. The molecule has 0 fully saturated rings. The number of alkyl halides is 1. The molecule has 3 aromatic carbocycles. The molecule has 0 aliphatic carbocycles. The van der Waals surface area contributed by atoms with Crippen molar-refractivity contribution in [1.82, 2.24) is 0 Å². The minimum atomic E-state index is -0.876. The van der Waals surface area contributed by atoms with Crippen LogP contribution >= 0.6 is 0 Å². The van der Waals surface area contributed by atoms with Gasteiger partial charge in [0.2, 0.25) is 6.86 Å². The number of hydrogen-bond donors (Lipinski definition) is 0. The second kappa shape index (κ2) is 7.93. The number of aryl methyl sites for hydroxylation is 1. The predicted molar refractivity (Wildman–Crippen MR) is 97.9 cm³/mol. The third-order valence-electron chi connectivity index (χ3n) is 4.18. The molecular formula is C22H20F2O.